The molecule has 0 aliphatic carbocycles. The highest BCUT2D eigenvalue weighted by Crippen LogP contribution is 2.24. The molecule has 6 nitrogen and oxygen atoms in total. The fourth-order valence-electron chi connectivity index (χ4n) is 3.26. The molecule has 2 aromatic heterocycles. The van der Waals surface area contributed by atoms with Gasteiger partial charge in [0.05, 0.1) is 18.5 Å². The Hall–Kier alpha value is -1.28. The number of hydrogen-bond donors (Lipinski definition) is 0. The van der Waals surface area contributed by atoms with E-state index in [4.69, 9.17) is 9.72 Å². The average Bonchev–Trinajstić information content (AvgIpc) is 3.22. The zero-order valence-electron chi connectivity index (χ0n) is 14.8. The molecule has 132 valence electrons. The molecule has 3 rings (SSSR count). The van der Waals surface area contributed by atoms with E-state index in [1.54, 1.807) is 18.4 Å². The molecule has 1 aliphatic rings. The summed E-state index contributed by atoms with van der Waals surface area (Å²) in [5.41, 5.74) is 2.27. The monoisotopic (exact) mass is 349 g/mol. The third-order valence-corrected chi connectivity index (χ3v) is 5.57. The van der Waals surface area contributed by atoms with Crippen LogP contribution in [-0.2, 0) is 18.3 Å². The van der Waals surface area contributed by atoms with E-state index in [-0.39, 0.29) is 0 Å². The molecule has 2 aromatic rings. The van der Waals surface area contributed by atoms with Crippen LogP contribution in [0.15, 0.2) is 17.8 Å². The van der Waals surface area contributed by atoms with Crippen LogP contribution in [-0.4, -0.2) is 70.5 Å². The molecule has 1 saturated heterocycles. The van der Waals surface area contributed by atoms with Gasteiger partial charge in [-0.25, -0.2) is 4.98 Å². The summed E-state index contributed by atoms with van der Waals surface area (Å²) in [5.74, 6) is 0. The maximum absolute atomic E-state index is 5.24. The minimum absolute atomic E-state index is 0.616. The van der Waals surface area contributed by atoms with E-state index in [2.05, 4.69) is 27.2 Å². The van der Waals surface area contributed by atoms with Gasteiger partial charge in [-0.15, -0.1) is 11.3 Å². The second-order valence-electron chi connectivity index (χ2n) is 6.37. The van der Waals surface area contributed by atoms with Gasteiger partial charge in [-0.05, 0) is 6.42 Å². The zero-order valence-corrected chi connectivity index (χ0v) is 15.6. The number of nitrogens with zero attached hydrogens (tertiary/aromatic N) is 5. The average molecular weight is 350 g/mol. The maximum Gasteiger partial charge on any atom is 0.126 e. The minimum Gasteiger partial charge on any atom is -0.383 e. The topological polar surface area (TPSA) is 46.4 Å². The van der Waals surface area contributed by atoms with Crippen molar-refractivity contribution in [2.24, 2.45) is 7.05 Å². The molecule has 7 heteroatoms. The van der Waals surface area contributed by atoms with Crippen LogP contribution in [0.2, 0.25) is 0 Å². The number of piperazine rings is 1. The van der Waals surface area contributed by atoms with Crippen LogP contribution in [0.5, 0.6) is 0 Å². The summed E-state index contributed by atoms with van der Waals surface area (Å²) in [6.07, 6.45) is 5.08. The van der Waals surface area contributed by atoms with Crippen molar-refractivity contribution in [2.75, 3.05) is 39.9 Å². The Labute approximate surface area is 148 Å². The van der Waals surface area contributed by atoms with E-state index >= 15 is 0 Å². The van der Waals surface area contributed by atoms with Crippen LogP contribution < -0.4 is 0 Å². The Morgan fingerprint density at radius 3 is 2.96 bits per heavy atom. The van der Waals surface area contributed by atoms with E-state index in [0.29, 0.717) is 6.04 Å². The molecule has 3 heterocycles. The highest BCUT2D eigenvalue weighted by molar-refractivity contribution is 7.13. The second kappa shape index (κ2) is 8.20. The van der Waals surface area contributed by atoms with Crippen molar-refractivity contribution in [2.45, 2.75) is 25.9 Å². The van der Waals surface area contributed by atoms with Gasteiger partial charge in [0.1, 0.15) is 5.01 Å². The third kappa shape index (κ3) is 4.22. The minimum atomic E-state index is 0.616. The maximum atomic E-state index is 5.24. The molecule has 1 atom stereocenters. The lowest BCUT2D eigenvalue weighted by Crippen LogP contribution is -2.53. The predicted octanol–water partition coefficient (Wildman–Crippen LogP) is 2.09. The van der Waals surface area contributed by atoms with Crippen LogP contribution in [0, 0.1) is 0 Å². The molecule has 0 spiro atoms. The Morgan fingerprint density at radius 1 is 1.38 bits per heavy atom. The first-order valence-corrected chi connectivity index (χ1v) is 9.46. The van der Waals surface area contributed by atoms with Gasteiger partial charge in [0, 0.05) is 70.1 Å². The summed E-state index contributed by atoms with van der Waals surface area (Å²) in [4.78, 5) is 9.88. The van der Waals surface area contributed by atoms with Crippen molar-refractivity contribution in [3.05, 3.63) is 23.5 Å². The number of hydrogen-bond acceptors (Lipinski definition) is 6. The predicted molar refractivity (Wildman–Crippen MR) is 97.1 cm³/mol. The molecule has 24 heavy (non-hydrogen) atoms. The second-order valence-corrected chi connectivity index (χ2v) is 7.23. The fraction of sp³-hybridized carbons (Fsp3) is 0.647. The zero-order chi connectivity index (χ0) is 16.9. The smallest absolute Gasteiger partial charge is 0.126 e. The normalized spacial score (nSPS) is 19.9. The first-order chi connectivity index (χ1) is 11.7. The SMILES string of the molecule is CC[C@H]1CN(Cc2csc(-c3cnn(C)c3)n2)CCN1CCOC. The summed E-state index contributed by atoms with van der Waals surface area (Å²) in [6, 6.07) is 0.616. The van der Waals surface area contributed by atoms with Gasteiger partial charge < -0.3 is 4.74 Å². The van der Waals surface area contributed by atoms with Crippen LogP contribution in [0.3, 0.4) is 0 Å². The van der Waals surface area contributed by atoms with Crippen LogP contribution in [0.4, 0.5) is 0 Å². The molecule has 1 fully saturated rings. The highest BCUT2D eigenvalue weighted by Gasteiger charge is 2.25. The number of thiazole rings is 1. The summed E-state index contributed by atoms with van der Waals surface area (Å²) < 4.78 is 7.06. The molecule has 0 radical (unpaired) electrons. The molecule has 0 bridgehead atoms. The van der Waals surface area contributed by atoms with Crippen molar-refractivity contribution in [3.63, 3.8) is 0 Å². The van der Waals surface area contributed by atoms with Gasteiger partial charge in [-0.1, -0.05) is 6.92 Å². The fourth-order valence-corrected chi connectivity index (χ4v) is 4.05. The van der Waals surface area contributed by atoms with Gasteiger partial charge in [0.2, 0.25) is 0 Å². The summed E-state index contributed by atoms with van der Waals surface area (Å²) in [5, 5.41) is 7.47. The number of aromatic nitrogens is 3. The molecule has 1 aliphatic heterocycles. The lowest BCUT2D eigenvalue weighted by molar-refractivity contribution is 0.0461. The molecule has 0 N–H and O–H groups in total. The molecular formula is C17H27N5OS. The van der Waals surface area contributed by atoms with Gasteiger partial charge >= 0.3 is 0 Å². The van der Waals surface area contributed by atoms with E-state index in [0.717, 1.165) is 49.9 Å². The van der Waals surface area contributed by atoms with Crippen molar-refractivity contribution in [1.29, 1.82) is 0 Å². The van der Waals surface area contributed by atoms with Gasteiger partial charge in [-0.3, -0.25) is 14.5 Å². The molecule has 0 amide bonds. The van der Waals surface area contributed by atoms with Crippen molar-refractivity contribution in [3.8, 4) is 10.6 Å². The number of rotatable bonds is 7. The first kappa shape index (κ1) is 17.5. The van der Waals surface area contributed by atoms with Gasteiger partial charge in [-0.2, -0.15) is 5.10 Å². The summed E-state index contributed by atoms with van der Waals surface area (Å²) >= 11 is 1.70. The quantitative estimate of drug-likeness (QED) is 0.766. The number of ether oxygens (including phenoxy) is 1. The Kier molecular flexibility index (Phi) is 5.99. The molecule has 0 unspecified atom stereocenters. The standard InChI is InChI=1S/C17H27N5OS/c1-4-16-12-21(5-6-22(16)7-8-23-3)11-15-13-24-17(19-15)14-9-18-20(2)10-14/h9-10,13,16H,4-8,11-12H2,1-3H3/t16-/m0/s1. The summed E-state index contributed by atoms with van der Waals surface area (Å²) in [7, 11) is 3.71. The van der Waals surface area contributed by atoms with Crippen LogP contribution >= 0.6 is 11.3 Å². The van der Waals surface area contributed by atoms with E-state index in [9.17, 15) is 0 Å². The Bertz CT molecular complexity index is 640. The molecule has 0 saturated carbocycles. The van der Waals surface area contributed by atoms with Crippen LogP contribution in [0.1, 0.15) is 19.0 Å². The van der Waals surface area contributed by atoms with E-state index in [1.807, 2.05) is 24.1 Å². The first-order valence-electron chi connectivity index (χ1n) is 8.58. The van der Waals surface area contributed by atoms with Crippen LogP contribution in [0.25, 0.3) is 10.6 Å². The lowest BCUT2D eigenvalue weighted by Gasteiger charge is -2.40. The highest BCUT2D eigenvalue weighted by atomic mass is 32.1. The number of methoxy groups -OCH3 is 1. The summed E-state index contributed by atoms with van der Waals surface area (Å²) in [6.45, 7) is 8.38. The van der Waals surface area contributed by atoms with Crippen molar-refractivity contribution < 1.29 is 4.74 Å². The Morgan fingerprint density at radius 2 is 2.25 bits per heavy atom. The largest absolute Gasteiger partial charge is 0.383 e. The van der Waals surface area contributed by atoms with E-state index < -0.39 is 0 Å². The van der Waals surface area contributed by atoms with Crippen molar-refractivity contribution in [1.82, 2.24) is 24.6 Å². The van der Waals surface area contributed by atoms with Gasteiger partial charge in [0.15, 0.2) is 0 Å². The van der Waals surface area contributed by atoms with Crippen molar-refractivity contribution >= 4 is 11.3 Å². The lowest BCUT2D eigenvalue weighted by atomic mass is 10.1. The third-order valence-electron chi connectivity index (χ3n) is 4.63. The Balaban J connectivity index is 1.58. The van der Waals surface area contributed by atoms with E-state index in [1.165, 1.54) is 12.1 Å². The number of aryl methyl sites for hydroxylation is 1. The molecule has 0 aromatic carbocycles. The molecular weight excluding hydrogens is 322 g/mol. The van der Waals surface area contributed by atoms with Gasteiger partial charge in [0.25, 0.3) is 0 Å².